The molecule has 0 spiro atoms. The van der Waals surface area contributed by atoms with Gasteiger partial charge < -0.3 is 10.6 Å². The molecule has 1 unspecified atom stereocenters. The topological polar surface area (TPSA) is 76.0 Å². The Morgan fingerprint density at radius 3 is 3.00 bits per heavy atom. The number of rotatable bonds is 2. The van der Waals surface area contributed by atoms with Gasteiger partial charge in [0.2, 0.25) is 5.91 Å². The van der Waals surface area contributed by atoms with E-state index in [1.54, 1.807) is 0 Å². The fourth-order valence-corrected chi connectivity index (χ4v) is 3.00. The standard InChI is InChI=1S/C14H20N4O2/c1-14(2)11(5-6-12(19)16-14)15-13(20)10-8-9-4-3-7-18(9)17-10/h8,11H,3-7H2,1-2H3,(H,15,20)(H,16,19). The van der Waals surface area contributed by atoms with Gasteiger partial charge in [-0.2, -0.15) is 5.10 Å². The Morgan fingerprint density at radius 1 is 1.50 bits per heavy atom. The second-order valence-electron chi connectivity index (χ2n) is 6.18. The van der Waals surface area contributed by atoms with E-state index < -0.39 is 5.54 Å². The first-order chi connectivity index (χ1) is 9.45. The van der Waals surface area contributed by atoms with Crippen molar-refractivity contribution < 1.29 is 9.59 Å². The van der Waals surface area contributed by atoms with Gasteiger partial charge in [0, 0.05) is 18.7 Å². The average Bonchev–Trinajstić information content (AvgIpc) is 2.92. The molecule has 20 heavy (non-hydrogen) atoms. The molecule has 1 aromatic heterocycles. The number of carbonyl (C=O) groups excluding carboxylic acids is 2. The first-order valence-electron chi connectivity index (χ1n) is 7.14. The zero-order valence-corrected chi connectivity index (χ0v) is 11.9. The molecule has 1 saturated heterocycles. The molecule has 108 valence electrons. The summed E-state index contributed by atoms with van der Waals surface area (Å²) in [5.74, 6) is -0.109. The number of piperidine rings is 1. The van der Waals surface area contributed by atoms with Gasteiger partial charge in [-0.25, -0.2) is 0 Å². The van der Waals surface area contributed by atoms with Crippen LogP contribution in [0.3, 0.4) is 0 Å². The predicted molar refractivity (Wildman–Crippen MR) is 73.3 cm³/mol. The predicted octanol–water partition coefficient (Wildman–Crippen LogP) is 0.616. The molecule has 3 rings (SSSR count). The molecule has 0 saturated carbocycles. The first-order valence-corrected chi connectivity index (χ1v) is 7.14. The summed E-state index contributed by atoms with van der Waals surface area (Å²) in [7, 11) is 0. The van der Waals surface area contributed by atoms with Gasteiger partial charge in [0.15, 0.2) is 0 Å². The molecule has 1 atom stereocenters. The lowest BCUT2D eigenvalue weighted by Gasteiger charge is -2.39. The number of amides is 2. The molecule has 2 aliphatic rings. The Hall–Kier alpha value is -1.85. The molecule has 1 aromatic rings. The summed E-state index contributed by atoms with van der Waals surface area (Å²) in [6, 6.07) is 1.81. The van der Waals surface area contributed by atoms with Gasteiger partial charge in [0.1, 0.15) is 5.69 Å². The Morgan fingerprint density at radius 2 is 2.30 bits per heavy atom. The van der Waals surface area contributed by atoms with Crippen molar-refractivity contribution in [3.63, 3.8) is 0 Å². The van der Waals surface area contributed by atoms with Gasteiger partial charge in [-0.05, 0) is 39.2 Å². The van der Waals surface area contributed by atoms with Gasteiger partial charge in [0.05, 0.1) is 11.6 Å². The third-order valence-electron chi connectivity index (χ3n) is 4.20. The van der Waals surface area contributed by atoms with E-state index in [1.165, 1.54) is 0 Å². The molecular weight excluding hydrogens is 256 g/mol. The molecule has 1 fully saturated rings. The highest BCUT2D eigenvalue weighted by atomic mass is 16.2. The highest BCUT2D eigenvalue weighted by molar-refractivity contribution is 5.93. The van der Waals surface area contributed by atoms with Crippen LogP contribution in [0.1, 0.15) is 49.3 Å². The van der Waals surface area contributed by atoms with Crippen LogP contribution in [-0.2, 0) is 17.8 Å². The van der Waals surface area contributed by atoms with Crippen molar-refractivity contribution >= 4 is 11.8 Å². The number of hydrogen-bond donors (Lipinski definition) is 2. The molecule has 0 radical (unpaired) electrons. The lowest BCUT2D eigenvalue weighted by atomic mass is 9.87. The highest BCUT2D eigenvalue weighted by Gasteiger charge is 2.36. The molecule has 6 nitrogen and oxygen atoms in total. The van der Waals surface area contributed by atoms with Crippen LogP contribution in [0.4, 0.5) is 0 Å². The fourth-order valence-electron chi connectivity index (χ4n) is 3.00. The molecule has 0 bridgehead atoms. The van der Waals surface area contributed by atoms with Crippen molar-refractivity contribution in [2.45, 2.75) is 57.7 Å². The minimum absolute atomic E-state index is 0.0430. The van der Waals surface area contributed by atoms with Crippen LogP contribution >= 0.6 is 0 Å². The normalized spacial score (nSPS) is 24.1. The molecule has 0 aromatic carbocycles. The minimum Gasteiger partial charge on any atom is -0.349 e. The van der Waals surface area contributed by atoms with Crippen molar-refractivity contribution in [2.24, 2.45) is 0 Å². The number of nitrogens with zero attached hydrogens (tertiary/aromatic N) is 2. The van der Waals surface area contributed by atoms with Gasteiger partial charge in [-0.1, -0.05) is 0 Å². The molecule has 6 heteroatoms. The number of fused-ring (bicyclic) bond motifs is 1. The van der Waals surface area contributed by atoms with Crippen LogP contribution in [-0.4, -0.2) is 33.2 Å². The van der Waals surface area contributed by atoms with Gasteiger partial charge in [-0.15, -0.1) is 0 Å². The summed E-state index contributed by atoms with van der Waals surface area (Å²) >= 11 is 0. The fraction of sp³-hybridized carbons (Fsp3) is 0.643. The van der Waals surface area contributed by atoms with E-state index in [-0.39, 0.29) is 17.9 Å². The van der Waals surface area contributed by atoms with Crippen molar-refractivity contribution in [3.8, 4) is 0 Å². The molecule has 0 aliphatic carbocycles. The van der Waals surface area contributed by atoms with Gasteiger partial charge in [0.25, 0.3) is 5.91 Å². The molecule has 2 aliphatic heterocycles. The summed E-state index contributed by atoms with van der Waals surface area (Å²) < 4.78 is 1.91. The van der Waals surface area contributed by atoms with E-state index in [4.69, 9.17) is 0 Å². The van der Waals surface area contributed by atoms with Crippen molar-refractivity contribution in [1.82, 2.24) is 20.4 Å². The van der Waals surface area contributed by atoms with E-state index in [1.807, 2.05) is 24.6 Å². The van der Waals surface area contributed by atoms with E-state index in [0.29, 0.717) is 18.5 Å². The lowest BCUT2D eigenvalue weighted by Crippen LogP contribution is -2.62. The minimum atomic E-state index is -0.423. The maximum absolute atomic E-state index is 12.3. The van der Waals surface area contributed by atoms with E-state index in [9.17, 15) is 9.59 Å². The van der Waals surface area contributed by atoms with Gasteiger partial charge >= 0.3 is 0 Å². The number of aromatic nitrogens is 2. The summed E-state index contributed by atoms with van der Waals surface area (Å²) in [6.45, 7) is 4.76. The van der Waals surface area contributed by atoms with Gasteiger partial charge in [-0.3, -0.25) is 14.3 Å². The Kier molecular flexibility index (Phi) is 3.03. The third-order valence-corrected chi connectivity index (χ3v) is 4.20. The molecular formula is C14H20N4O2. The zero-order chi connectivity index (χ0) is 14.3. The van der Waals surface area contributed by atoms with Crippen molar-refractivity contribution in [3.05, 3.63) is 17.5 Å². The smallest absolute Gasteiger partial charge is 0.272 e. The van der Waals surface area contributed by atoms with E-state index in [2.05, 4.69) is 15.7 Å². The number of aryl methyl sites for hydroxylation is 2. The molecule has 2 amide bonds. The SMILES string of the molecule is CC1(C)NC(=O)CCC1NC(=O)c1cc2n(n1)CCC2. The van der Waals surface area contributed by atoms with Crippen LogP contribution in [0.15, 0.2) is 6.07 Å². The van der Waals surface area contributed by atoms with Crippen LogP contribution in [0.2, 0.25) is 0 Å². The Bertz CT molecular complexity index is 540. The number of hydrogen-bond acceptors (Lipinski definition) is 3. The Labute approximate surface area is 117 Å². The number of carbonyl (C=O) groups is 2. The summed E-state index contributed by atoms with van der Waals surface area (Å²) in [5.41, 5.74) is 1.19. The first kappa shape index (κ1) is 13.1. The van der Waals surface area contributed by atoms with Crippen LogP contribution < -0.4 is 10.6 Å². The summed E-state index contributed by atoms with van der Waals surface area (Å²) in [4.78, 5) is 23.7. The van der Waals surface area contributed by atoms with Crippen molar-refractivity contribution in [1.29, 1.82) is 0 Å². The maximum atomic E-state index is 12.3. The monoisotopic (exact) mass is 276 g/mol. The largest absolute Gasteiger partial charge is 0.349 e. The van der Waals surface area contributed by atoms with E-state index in [0.717, 1.165) is 25.1 Å². The van der Waals surface area contributed by atoms with Crippen LogP contribution in [0.5, 0.6) is 0 Å². The summed E-state index contributed by atoms with van der Waals surface area (Å²) in [6.07, 6.45) is 3.21. The van der Waals surface area contributed by atoms with E-state index >= 15 is 0 Å². The maximum Gasteiger partial charge on any atom is 0.272 e. The highest BCUT2D eigenvalue weighted by Crippen LogP contribution is 2.21. The van der Waals surface area contributed by atoms with Crippen LogP contribution in [0.25, 0.3) is 0 Å². The van der Waals surface area contributed by atoms with Crippen LogP contribution in [0, 0.1) is 0 Å². The molecule has 3 heterocycles. The average molecular weight is 276 g/mol. The summed E-state index contributed by atoms with van der Waals surface area (Å²) in [5, 5.41) is 10.3. The lowest BCUT2D eigenvalue weighted by molar-refractivity contribution is -0.125. The second-order valence-corrected chi connectivity index (χ2v) is 6.18. The van der Waals surface area contributed by atoms with Crippen molar-refractivity contribution in [2.75, 3.05) is 0 Å². The quantitative estimate of drug-likeness (QED) is 0.831. The second kappa shape index (κ2) is 4.61. The molecule has 2 N–H and O–H groups in total. The third kappa shape index (κ3) is 2.30. The Balaban J connectivity index is 1.70. The zero-order valence-electron chi connectivity index (χ0n) is 11.9. The number of nitrogens with one attached hydrogen (secondary N) is 2.